The lowest BCUT2D eigenvalue weighted by Crippen LogP contribution is -2.70. The van der Waals surface area contributed by atoms with Gasteiger partial charge in [-0.3, -0.25) is 4.79 Å². The van der Waals surface area contributed by atoms with Crippen LogP contribution in [0.15, 0.2) is 0 Å². The van der Waals surface area contributed by atoms with Crippen molar-refractivity contribution in [1.82, 2.24) is 0 Å². The van der Waals surface area contributed by atoms with Crippen LogP contribution in [0.4, 0.5) is 57.1 Å². The van der Waals surface area contributed by atoms with E-state index in [-0.39, 0.29) is 6.42 Å². The molecule has 0 bridgehead atoms. The number of carbonyl (C=O) groups excluding carboxylic acids is 1. The predicted molar refractivity (Wildman–Crippen MR) is 93.4 cm³/mol. The second-order valence-corrected chi connectivity index (χ2v) is 10.1. The van der Waals surface area contributed by atoms with Crippen LogP contribution in [0.25, 0.3) is 0 Å². The van der Waals surface area contributed by atoms with E-state index >= 15 is 0 Å². The molecule has 15 heteroatoms. The largest absolute Gasteiger partial charge is 0.465 e. The van der Waals surface area contributed by atoms with Crippen molar-refractivity contribution < 1.29 is 66.6 Å². The molecule has 0 saturated heterocycles. The van der Waals surface area contributed by atoms with Gasteiger partial charge >= 0.3 is 41.8 Å². The van der Waals surface area contributed by atoms with E-state index in [1.807, 2.05) is 0 Å². The molecular formula is C19H25F13O2. The molecule has 0 rings (SSSR count). The van der Waals surface area contributed by atoms with Crippen molar-refractivity contribution in [2.24, 2.45) is 16.7 Å². The molecule has 1 unspecified atom stereocenters. The number of rotatable bonds is 9. The molecule has 0 saturated carbocycles. The van der Waals surface area contributed by atoms with Gasteiger partial charge in [0.2, 0.25) is 0 Å². The summed E-state index contributed by atoms with van der Waals surface area (Å²) in [5.41, 5.74) is -1.37. The molecule has 0 aromatic carbocycles. The predicted octanol–water partition coefficient (Wildman–Crippen LogP) is 7.76. The Hall–Kier alpha value is -1.44. The van der Waals surface area contributed by atoms with Gasteiger partial charge in [-0.25, -0.2) is 0 Å². The molecule has 1 atom stereocenters. The fourth-order valence-electron chi connectivity index (χ4n) is 2.69. The van der Waals surface area contributed by atoms with Crippen molar-refractivity contribution in [2.75, 3.05) is 6.61 Å². The maximum Gasteiger partial charge on any atom is 0.460 e. The summed E-state index contributed by atoms with van der Waals surface area (Å²) in [5.74, 6) is -39.5. The van der Waals surface area contributed by atoms with Crippen molar-refractivity contribution in [3.05, 3.63) is 0 Å². The molecule has 0 aromatic rings. The molecule has 0 amide bonds. The van der Waals surface area contributed by atoms with E-state index in [1.54, 1.807) is 20.8 Å². The first-order valence-electron chi connectivity index (χ1n) is 9.60. The Morgan fingerprint density at radius 2 is 1.03 bits per heavy atom. The molecule has 0 spiro atoms. The molecule has 0 fully saturated rings. The zero-order valence-electron chi connectivity index (χ0n) is 18.9. The standard InChI is InChI=1S/C19H25F13O2/c1-12(2,3)9-10(13(4,5)6)11(33)34-8-7-14(20,21)15(22,23)16(24,25)17(26,27)18(28,29)19(30,31)32/h10H,7-9H2,1-6H3. The third-order valence-electron chi connectivity index (χ3n) is 4.81. The number of esters is 1. The van der Waals surface area contributed by atoms with Gasteiger partial charge in [-0.2, -0.15) is 57.1 Å². The van der Waals surface area contributed by atoms with Crippen LogP contribution in [0.3, 0.4) is 0 Å². The molecule has 0 aliphatic rings. The zero-order valence-corrected chi connectivity index (χ0v) is 18.9. The first-order valence-corrected chi connectivity index (χ1v) is 9.60. The third kappa shape index (κ3) is 6.21. The summed E-state index contributed by atoms with van der Waals surface area (Å²) in [7, 11) is 0. The van der Waals surface area contributed by atoms with Crippen molar-refractivity contribution in [3.63, 3.8) is 0 Å². The highest BCUT2D eigenvalue weighted by atomic mass is 19.4. The second kappa shape index (κ2) is 9.21. The van der Waals surface area contributed by atoms with Crippen LogP contribution in [-0.4, -0.2) is 48.4 Å². The van der Waals surface area contributed by atoms with E-state index in [0.717, 1.165) is 0 Å². The number of alkyl halides is 13. The van der Waals surface area contributed by atoms with Crippen molar-refractivity contribution in [1.29, 1.82) is 0 Å². The highest BCUT2D eigenvalue weighted by molar-refractivity contribution is 5.73. The van der Waals surface area contributed by atoms with Gasteiger partial charge in [-0.1, -0.05) is 41.5 Å². The lowest BCUT2D eigenvalue weighted by atomic mass is 9.72. The number of halogens is 13. The van der Waals surface area contributed by atoms with E-state index in [2.05, 4.69) is 4.74 Å². The Balaban J connectivity index is 5.78. The minimum Gasteiger partial charge on any atom is -0.465 e. The van der Waals surface area contributed by atoms with Crippen LogP contribution >= 0.6 is 0 Å². The lowest BCUT2D eigenvalue weighted by Gasteiger charge is -2.39. The molecular weight excluding hydrogens is 507 g/mol. The van der Waals surface area contributed by atoms with Crippen LogP contribution in [0.1, 0.15) is 54.4 Å². The average Bonchev–Trinajstić information content (AvgIpc) is 2.55. The number of hydrogen-bond acceptors (Lipinski definition) is 2. The van der Waals surface area contributed by atoms with Gasteiger partial charge in [-0.15, -0.1) is 0 Å². The summed E-state index contributed by atoms with van der Waals surface area (Å²) >= 11 is 0. The van der Waals surface area contributed by atoms with Crippen molar-refractivity contribution in [2.45, 2.75) is 90.2 Å². The van der Waals surface area contributed by atoms with Gasteiger partial charge in [0.05, 0.1) is 18.9 Å². The molecule has 0 aliphatic carbocycles. The van der Waals surface area contributed by atoms with E-state index in [9.17, 15) is 61.9 Å². The number of hydrogen-bond donors (Lipinski definition) is 0. The van der Waals surface area contributed by atoms with Crippen LogP contribution in [-0.2, 0) is 9.53 Å². The van der Waals surface area contributed by atoms with E-state index < -0.39 is 71.5 Å². The fraction of sp³-hybridized carbons (Fsp3) is 0.947. The molecule has 2 nitrogen and oxygen atoms in total. The monoisotopic (exact) mass is 532 g/mol. The maximum atomic E-state index is 13.8. The smallest absolute Gasteiger partial charge is 0.460 e. The van der Waals surface area contributed by atoms with Gasteiger partial charge in [-0.05, 0) is 17.3 Å². The maximum absolute atomic E-state index is 13.8. The Bertz CT molecular complexity index is 713. The number of carbonyl (C=O) groups is 1. The molecule has 0 aromatic heterocycles. The highest BCUT2D eigenvalue weighted by Gasteiger charge is 2.90. The van der Waals surface area contributed by atoms with Crippen LogP contribution < -0.4 is 0 Å². The minimum absolute atomic E-state index is 0.0959. The number of ether oxygens (including phenoxy) is 1. The molecule has 34 heavy (non-hydrogen) atoms. The van der Waals surface area contributed by atoms with Gasteiger partial charge in [0.1, 0.15) is 0 Å². The molecule has 204 valence electrons. The summed E-state index contributed by atoms with van der Waals surface area (Å²) in [5, 5.41) is 0. The highest BCUT2D eigenvalue weighted by Crippen LogP contribution is 2.60. The summed E-state index contributed by atoms with van der Waals surface area (Å²) in [6.45, 7) is 7.94. The Morgan fingerprint density at radius 1 is 0.647 bits per heavy atom. The lowest BCUT2D eigenvalue weighted by molar-refractivity contribution is -0.440. The average molecular weight is 532 g/mol. The summed E-state index contributed by atoms with van der Waals surface area (Å²) in [6, 6.07) is 0. The zero-order chi connectivity index (χ0) is 28.0. The molecule has 0 radical (unpaired) electrons. The van der Waals surface area contributed by atoms with E-state index in [4.69, 9.17) is 0 Å². The first kappa shape index (κ1) is 32.6. The van der Waals surface area contributed by atoms with Gasteiger partial charge in [0.15, 0.2) is 0 Å². The van der Waals surface area contributed by atoms with E-state index in [1.165, 1.54) is 20.8 Å². The van der Waals surface area contributed by atoms with Crippen LogP contribution in [0.5, 0.6) is 0 Å². The van der Waals surface area contributed by atoms with E-state index in [0.29, 0.717) is 0 Å². The first-order chi connectivity index (χ1) is 14.5. The van der Waals surface area contributed by atoms with Crippen LogP contribution in [0.2, 0.25) is 0 Å². The summed E-state index contributed by atoms with van der Waals surface area (Å²) < 4.78 is 175. The Kier molecular flexibility index (Phi) is 8.82. The molecule has 0 aliphatic heterocycles. The summed E-state index contributed by atoms with van der Waals surface area (Å²) in [6.07, 6.45) is -9.93. The Labute approximate surface area is 187 Å². The van der Waals surface area contributed by atoms with Crippen molar-refractivity contribution in [3.8, 4) is 0 Å². The molecule has 0 N–H and O–H groups in total. The SMILES string of the molecule is CC(C)(C)CC(C(=O)OCCC(F)(F)C(F)(F)C(F)(F)C(F)(F)C(F)(F)C(F)(F)F)C(C)(C)C. The van der Waals surface area contributed by atoms with Crippen molar-refractivity contribution >= 4 is 5.97 Å². The topological polar surface area (TPSA) is 26.3 Å². The fourth-order valence-corrected chi connectivity index (χ4v) is 2.69. The minimum atomic E-state index is -7.95. The van der Waals surface area contributed by atoms with Gasteiger partial charge < -0.3 is 4.74 Å². The Morgan fingerprint density at radius 3 is 1.35 bits per heavy atom. The van der Waals surface area contributed by atoms with Gasteiger partial charge in [0, 0.05) is 0 Å². The third-order valence-corrected chi connectivity index (χ3v) is 4.81. The molecule has 0 heterocycles. The quantitative estimate of drug-likeness (QED) is 0.224. The normalized spacial score (nSPS) is 16.4. The van der Waals surface area contributed by atoms with Gasteiger partial charge in [0.25, 0.3) is 0 Å². The van der Waals surface area contributed by atoms with Crippen LogP contribution in [0, 0.1) is 16.7 Å². The summed E-state index contributed by atoms with van der Waals surface area (Å²) in [4.78, 5) is 12.3. The second-order valence-electron chi connectivity index (χ2n) is 10.1.